The molecule has 0 aromatic heterocycles. The topological polar surface area (TPSA) is 53.6 Å². The third kappa shape index (κ3) is 5.27. The van der Waals surface area contributed by atoms with Crippen LogP contribution in [0.5, 0.6) is 0 Å². The predicted molar refractivity (Wildman–Crippen MR) is 94.8 cm³/mol. The van der Waals surface area contributed by atoms with Crippen LogP contribution < -0.4 is 10.6 Å². The summed E-state index contributed by atoms with van der Waals surface area (Å²) in [5, 5.41) is 5.55. The minimum Gasteiger partial charge on any atom is -0.379 e. The van der Waals surface area contributed by atoms with Gasteiger partial charge in [0.05, 0.1) is 13.2 Å². The van der Waals surface area contributed by atoms with Crippen LogP contribution in [0.4, 0.5) is 14.9 Å². The average Bonchev–Trinajstić information content (AvgIpc) is 2.64. The van der Waals surface area contributed by atoms with E-state index in [-0.39, 0.29) is 11.8 Å². The van der Waals surface area contributed by atoms with Crippen molar-refractivity contribution in [3.63, 3.8) is 0 Å². The number of amides is 2. The lowest BCUT2D eigenvalue weighted by Gasteiger charge is -2.27. The van der Waals surface area contributed by atoms with Crippen LogP contribution in [0.25, 0.3) is 0 Å². The lowest BCUT2D eigenvalue weighted by molar-refractivity contribution is 0.0341. The van der Waals surface area contributed by atoms with E-state index in [1.54, 1.807) is 0 Å². The number of benzene rings is 2. The Bertz CT molecular complexity index is 700. The van der Waals surface area contributed by atoms with Gasteiger partial charge in [-0.05, 0) is 35.4 Å². The maximum absolute atomic E-state index is 12.9. The molecule has 1 aliphatic rings. The van der Waals surface area contributed by atoms with E-state index in [0.717, 1.165) is 38.4 Å². The number of rotatable bonds is 5. The largest absolute Gasteiger partial charge is 0.379 e. The summed E-state index contributed by atoms with van der Waals surface area (Å²) < 4.78 is 18.3. The second kappa shape index (κ2) is 8.60. The number of ether oxygens (including phenoxy) is 1. The van der Waals surface area contributed by atoms with E-state index in [9.17, 15) is 9.18 Å². The number of hydrogen-bond donors (Lipinski definition) is 2. The van der Waals surface area contributed by atoms with Gasteiger partial charge >= 0.3 is 6.03 Å². The van der Waals surface area contributed by atoms with E-state index in [4.69, 9.17) is 4.74 Å². The number of morpholine rings is 1. The van der Waals surface area contributed by atoms with Gasteiger partial charge in [-0.25, -0.2) is 9.18 Å². The van der Waals surface area contributed by atoms with Gasteiger partial charge in [0.15, 0.2) is 0 Å². The first-order valence-corrected chi connectivity index (χ1v) is 8.38. The standard InChI is InChI=1S/C19H22FN3O2/c20-17-5-7-18(8-6-17)22-19(24)21-13-15-3-1-2-4-16(15)14-23-9-11-25-12-10-23/h1-8H,9-14H2,(H2,21,22,24). The number of carbonyl (C=O) groups is 1. The van der Waals surface area contributed by atoms with Crippen LogP contribution in [0.1, 0.15) is 11.1 Å². The van der Waals surface area contributed by atoms with Crippen molar-refractivity contribution in [1.82, 2.24) is 10.2 Å². The molecule has 5 nitrogen and oxygen atoms in total. The molecule has 132 valence electrons. The summed E-state index contributed by atoms with van der Waals surface area (Å²) in [6, 6.07) is 13.5. The maximum Gasteiger partial charge on any atom is 0.319 e. The first kappa shape index (κ1) is 17.4. The van der Waals surface area contributed by atoms with Crippen molar-refractivity contribution in [2.45, 2.75) is 13.1 Å². The van der Waals surface area contributed by atoms with Crippen LogP contribution >= 0.6 is 0 Å². The molecule has 25 heavy (non-hydrogen) atoms. The molecule has 0 atom stereocenters. The predicted octanol–water partition coefficient (Wildman–Crippen LogP) is 2.98. The van der Waals surface area contributed by atoms with Crippen molar-refractivity contribution in [2.75, 3.05) is 31.6 Å². The Morgan fingerprint density at radius 3 is 2.44 bits per heavy atom. The van der Waals surface area contributed by atoms with E-state index >= 15 is 0 Å². The molecule has 0 saturated carbocycles. The van der Waals surface area contributed by atoms with Gasteiger partial charge in [0.25, 0.3) is 0 Å². The molecule has 0 aliphatic carbocycles. The Morgan fingerprint density at radius 1 is 1.04 bits per heavy atom. The normalized spacial score (nSPS) is 14.9. The molecule has 2 N–H and O–H groups in total. The molecular weight excluding hydrogens is 321 g/mol. The van der Waals surface area contributed by atoms with Crippen molar-refractivity contribution < 1.29 is 13.9 Å². The molecular formula is C19H22FN3O2. The van der Waals surface area contributed by atoms with Crippen molar-refractivity contribution in [1.29, 1.82) is 0 Å². The fraction of sp³-hybridized carbons (Fsp3) is 0.316. The molecule has 0 radical (unpaired) electrons. The summed E-state index contributed by atoms with van der Waals surface area (Å²) in [5.41, 5.74) is 2.84. The molecule has 1 aliphatic heterocycles. The average molecular weight is 343 g/mol. The van der Waals surface area contributed by atoms with Gasteiger partial charge in [-0.3, -0.25) is 4.90 Å². The Hall–Kier alpha value is -2.44. The summed E-state index contributed by atoms with van der Waals surface area (Å²) in [7, 11) is 0. The first-order valence-electron chi connectivity index (χ1n) is 8.38. The Kier molecular flexibility index (Phi) is 5.98. The highest BCUT2D eigenvalue weighted by Gasteiger charge is 2.13. The van der Waals surface area contributed by atoms with E-state index in [0.29, 0.717) is 12.2 Å². The van der Waals surface area contributed by atoms with Gasteiger partial charge in [-0.2, -0.15) is 0 Å². The summed E-state index contributed by atoms with van der Waals surface area (Å²) in [5.74, 6) is -0.331. The number of carbonyl (C=O) groups excluding carboxylic acids is 1. The number of urea groups is 1. The summed E-state index contributed by atoms with van der Waals surface area (Å²) in [6.07, 6.45) is 0. The van der Waals surface area contributed by atoms with Crippen LogP contribution in [0.2, 0.25) is 0 Å². The molecule has 1 saturated heterocycles. The second-order valence-electron chi connectivity index (χ2n) is 5.97. The molecule has 1 fully saturated rings. The first-order chi connectivity index (χ1) is 12.2. The molecule has 2 aromatic carbocycles. The Labute approximate surface area is 146 Å². The highest BCUT2D eigenvalue weighted by molar-refractivity contribution is 5.89. The fourth-order valence-corrected chi connectivity index (χ4v) is 2.77. The minimum absolute atomic E-state index is 0.312. The van der Waals surface area contributed by atoms with Gasteiger partial charge in [-0.15, -0.1) is 0 Å². The molecule has 0 bridgehead atoms. The Morgan fingerprint density at radius 2 is 1.72 bits per heavy atom. The zero-order valence-electron chi connectivity index (χ0n) is 14.0. The third-order valence-electron chi connectivity index (χ3n) is 4.16. The molecule has 2 aromatic rings. The molecule has 0 spiro atoms. The monoisotopic (exact) mass is 343 g/mol. The number of nitrogens with zero attached hydrogens (tertiary/aromatic N) is 1. The van der Waals surface area contributed by atoms with Crippen LogP contribution in [0, 0.1) is 5.82 Å². The number of hydrogen-bond acceptors (Lipinski definition) is 3. The van der Waals surface area contributed by atoms with Gasteiger partial charge in [-0.1, -0.05) is 24.3 Å². The van der Waals surface area contributed by atoms with Gasteiger partial charge in [0.2, 0.25) is 0 Å². The molecule has 2 amide bonds. The summed E-state index contributed by atoms with van der Waals surface area (Å²) in [6.45, 7) is 4.66. The highest BCUT2D eigenvalue weighted by Crippen LogP contribution is 2.13. The number of anilines is 1. The molecule has 6 heteroatoms. The van der Waals surface area contributed by atoms with E-state index < -0.39 is 0 Å². The SMILES string of the molecule is O=C(NCc1ccccc1CN1CCOCC1)Nc1ccc(F)cc1. The number of nitrogens with one attached hydrogen (secondary N) is 2. The lowest BCUT2D eigenvalue weighted by Crippen LogP contribution is -2.36. The number of halogens is 1. The third-order valence-corrected chi connectivity index (χ3v) is 4.16. The summed E-state index contributed by atoms with van der Waals surface area (Å²) in [4.78, 5) is 14.4. The Balaban J connectivity index is 1.55. The lowest BCUT2D eigenvalue weighted by atomic mass is 10.1. The quantitative estimate of drug-likeness (QED) is 0.878. The summed E-state index contributed by atoms with van der Waals surface area (Å²) >= 11 is 0. The minimum atomic E-state index is -0.331. The fourth-order valence-electron chi connectivity index (χ4n) is 2.77. The van der Waals surface area contributed by atoms with Crippen LogP contribution in [-0.4, -0.2) is 37.2 Å². The second-order valence-corrected chi connectivity index (χ2v) is 5.97. The van der Waals surface area contributed by atoms with Crippen molar-refractivity contribution in [3.8, 4) is 0 Å². The van der Waals surface area contributed by atoms with Crippen LogP contribution in [0.15, 0.2) is 48.5 Å². The van der Waals surface area contributed by atoms with Crippen molar-refractivity contribution in [3.05, 3.63) is 65.5 Å². The smallest absolute Gasteiger partial charge is 0.319 e. The zero-order valence-corrected chi connectivity index (χ0v) is 14.0. The van der Waals surface area contributed by atoms with Crippen molar-refractivity contribution >= 4 is 11.7 Å². The molecule has 1 heterocycles. The molecule has 3 rings (SSSR count). The van der Waals surface area contributed by atoms with E-state index in [1.165, 1.54) is 29.8 Å². The van der Waals surface area contributed by atoms with Crippen molar-refractivity contribution in [2.24, 2.45) is 0 Å². The van der Waals surface area contributed by atoms with Gasteiger partial charge in [0, 0.05) is 31.9 Å². The highest BCUT2D eigenvalue weighted by atomic mass is 19.1. The molecule has 0 unspecified atom stereocenters. The van der Waals surface area contributed by atoms with Gasteiger partial charge in [0.1, 0.15) is 5.82 Å². The zero-order chi connectivity index (χ0) is 17.5. The van der Waals surface area contributed by atoms with Crippen LogP contribution in [0.3, 0.4) is 0 Å². The van der Waals surface area contributed by atoms with E-state index in [2.05, 4.69) is 21.6 Å². The maximum atomic E-state index is 12.9. The van der Waals surface area contributed by atoms with Crippen LogP contribution in [-0.2, 0) is 17.8 Å². The van der Waals surface area contributed by atoms with E-state index in [1.807, 2.05) is 18.2 Å². The van der Waals surface area contributed by atoms with Gasteiger partial charge < -0.3 is 15.4 Å².